The lowest BCUT2D eigenvalue weighted by atomic mass is 10.1. The van der Waals surface area contributed by atoms with Gasteiger partial charge in [-0.2, -0.15) is 0 Å². The summed E-state index contributed by atoms with van der Waals surface area (Å²) < 4.78 is 15.9. The van der Waals surface area contributed by atoms with Crippen molar-refractivity contribution in [1.29, 1.82) is 0 Å². The number of piperazine rings is 1. The maximum absolute atomic E-state index is 11.4. The highest BCUT2D eigenvalue weighted by atomic mass is 16.5. The van der Waals surface area contributed by atoms with Crippen LogP contribution in [0.15, 0.2) is 18.2 Å². The van der Waals surface area contributed by atoms with Gasteiger partial charge in [0.15, 0.2) is 11.5 Å². The molecule has 0 aliphatic carbocycles. The number of nitrogens with zero attached hydrogens (tertiary/aromatic N) is 2. The quantitative estimate of drug-likeness (QED) is 0.678. The van der Waals surface area contributed by atoms with Gasteiger partial charge in [0.05, 0.1) is 14.2 Å². The summed E-state index contributed by atoms with van der Waals surface area (Å²) in [5.74, 6) is 0.923. The zero-order valence-corrected chi connectivity index (χ0v) is 15.4. The van der Waals surface area contributed by atoms with Gasteiger partial charge in [0.25, 0.3) is 0 Å². The third-order valence-corrected chi connectivity index (χ3v) is 4.45. The van der Waals surface area contributed by atoms with E-state index in [1.165, 1.54) is 7.11 Å². The zero-order valence-electron chi connectivity index (χ0n) is 15.4. The molecule has 0 spiro atoms. The minimum atomic E-state index is -0.682. The fourth-order valence-electron chi connectivity index (χ4n) is 2.80. The molecule has 1 aliphatic heterocycles. The second kappa shape index (κ2) is 9.60. The normalized spacial score (nSPS) is 17.1. The van der Waals surface area contributed by atoms with Crippen molar-refractivity contribution in [2.45, 2.75) is 12.5 Å². The molecule has 0 radical (unpaired) electrons. The summed E-state index contributed by atoms with van der Waals surface area (Å²) >= 11 is 0. The van der Waals surface area contributed by atoms with Gasteiger partial charge in [-0.3, -0.25) is 9.69 Å². The van der Waals surface area contributed by atoms with Crippen LogP contribution in [-0.4, -0.2) is 82.4 Å². The molecule has 25 heavy (non-hydrogen) atoms. The fraction of sp³-hybridized carbons (Fsp3) is 0.611. The van der Waals surface area contributed by atoms with E-state index >= 15 is 0 Å². The van der Waals surface area contributed by atoms with Gasteiger partial charge in [-0.1, -0.05) is 6.07 Å². The predicted octanol–water partition coefficient (Wildman–Crippen LogP) is 0.364. The number of rotatable bonds is 8. The first-order chi connectivity index (χ1) is 12.0. The maximum atomic E-state index is 11.4. The molecule has 2 N–H and O–H groups in total. The largest absolute Gasteiger partial charge is 0.493 e. The van der Waals surface area contributed by atoms with Crippen molar-refractivity contribution in [3.8, 4) is 11.5 Å². The van der Waals surface area contributed by atoms with E-state index in [2.05, 4.69) is 21.6 Å². The highest BCUT2D eigenvalue weighted by Gasteiger charge is 2.16. The number of benzene rings is 1. The molecular weight excluding hydrogens is 322 g/mol. The molecule has 1 saturated heterocycles. The number of carbonyl (C=O) groups excluding carboxylic acids is 1. The lowest BCUT2D eigenvalue weighted by Crippen LogP contribution is -2.45. The van der Waals surface area contributed by atoms with Gasteiger partial charge in [-0.05, 0) is 31.2 Å². The van der Waals surface area contributed by atoms with Crippen molar-refractivity contribution in [3.05, 3.63) is 23.8 Å². The summed E-state index contributed by atoms with van der Waals surface area (Å²) in [6.45, 7) is 5.84. The number of hydrogen-bond acceptors (Lipinski definition) is 7. The highest BCUT2D eigenvalue weighted by molar-refractivity contribution is 5.75. The number of nitrogens with two attached hydrogens (primary N) is 1. The maximum Gasteiger partial charge on any atom is 0.322 e. The molecule has 1 aromatic carbocycles. The number of ether oxygens (including phenoxy) is 3. The smallest absolute Gasteiger partial charge is 0.322 e. The second-order valence-electron chi connectivity index (χ2n) is 6.31. The van der Waals surface area contributed by atoms with E-state index < -0.39 is 12.0 Å². The number of methoxy groups -OCH3 is 2. The zero-order chi connectivity index (χ0) is 18.2. The molecule has 7 nitrogen and oxygen atoms in total. The SMILES string of the molecule is COC(=O)C(N)Cc1ccc(OCCN2CCN(C)CC2)c(OC)c1. The number of carbonyl (C=O) groups is 1. The molecule has 1 atom stereocenters. The standard InChI is InChI=1S/C18H29N3O4/c1-20-6-8-21(9-7-20)10-11-25-16-5-4-14(13-17(16)23-2)12-15(19)18(22)24-3/h4-5,13,15H,6-12,19H2,1-3H3. The van der Waals surface area contributed by atoms with E-state index in [1.54, 1.807) is 7.11 Å². The minimum absolute atomic E-state index is 0.393. The Morgan fingerprint density at radius 1 is 1.20 bits per heavy atom. The highest BCUT2D eigenvalue weighted by Crippen LogP contribution is 2.28. The van der Waals surface area contributed by atoms with Crippen LogP contribution < -0.4 is 15.2 Å². The average Bonchev–Trinajstić information content (AvgIpc) is 2.63. The van der Waals surface area contributed by atoms with Gasteiger partial charge in [0.2, 0.25) is 0 Å². The van der Waals surface area contributed by atoms with Gasteiger partial charge in [-0.25, -0.2) is 0 Å². The van der Waals surface area contributed by atoms with Gasteiger partial charge < -0.3 is 24.8 Å². The second-order valence-corrected chi connectivity index (χ2v) is 6.31. The molecular formula is C18H29N3O4. The van der Waals surface area contributed by atoms with Gasteiger partial charge in [0.1, 0.15) is 12.6 Å². The van der Waals surface area contributed by atoms with Crippen LogP contribution in [0, 0.1) is 0 Å². The van der Waals surface area contributed by atoms with Crippen molar-refractivity contribution in [3.63, 3.8) is 0 Å². The number of hydrogen-bond donors (Lipinski definition) is 1. The summed E-state index contributed by atoms with van der Waals surface area (Å²) in [5, 5.41) is 0. The predicted molar refractivity (Wildman–Crippen MR) is 96.1 cm³/mol. The fourth-order valence-corrected chi connectivity index (χ4v) is 2.80. The Bertz CT molecular complexity index is 559. The number of esters is 1. The molecule has 2 rings (SSSR count). The molecule has 1 fully saturated rings. The van der Waals surface area contributed by atoms with Gasteiger partial charge in [-0.15, -0.1) is 0 Å². The Balaban J connectivity index is 1.87. The van der Waals surface area contributed by atoms with Crippen LogP contribution in [-0.2, 0) is 16.0 Å². The van der Waals surface area contributed by atoms with E-state index in [9.17, 15) is 4.79 Å². The summed E-state index contributed by atoms with van der Waals surface area (Å²) in [4.78, 5) is 16.2. The lowest BCUT2D eigenvalue weighted by Gasteiger charge is -2.32. The molecule has 7 heteroatoms. The van der Waals surface area contributed by atoms with Gasteiger partial charge in [0, 0.05) is 32.7 Å². The van der Waals surface area contributed by atoms with Crippen LogP contribution >= 0.6 is 0 Å². The van der Waals surface area contributed by atoms with Crippen molar-refractivity contribution in [2.24, 2.45) is 5.73 Å². The van der Waals surface area contributed by atoms with Gasteiger partial charge >= 0.3 is 5.97 Å². The van der Waals surface area contributed by atoms with Crippen LogP contribution in [0.25, 0.3) is 0 Å². The molecule has 140 valence electrons. The molecule has 1 aromatic rings. The van der Waals surface area contributed by atoms with E-state index in [1.807, 2.05) is 18.2 Å². The van der Waals surface area contributed by atoms with Crippen molar-refractivity contribution in [1.82, 2.24) is 9.80 Å². The third-order valence-electron chi connectivity index (χ3n) is 4.45. The molecule has 1 unspecified atom stereocenters. The van der Waals surface area contributed by atoms with Crippen LogP contribution in [0.2, 0.25) is 0 Å². The lowest BCUT2D eigenvalue weighted by molar-refractivity contribution is -0.142. The Morgan fingerprint density at radius 2 is 1.92 bits per heavy atom. The van der Waals surface area contributed by atoms with E-state index in [-0.39, 0.29) is 0 Å². The molecule has 1 aliphatic rings. The first-order valence-corrected chi connectivity index (χ1v) is 8.57. The van der Waals surface area contributed by atoms with Crippen LogP contribution in [0.1, 0.15) is 5.56 Å². The van der Waals surface area contributed by atoms with E-state index in [0.717, 1.165) is 38.3 Å². The summed E-state index contributed by atoms with van der Waals surface area (Å²) in [6.07, 6.45) is 0.393. The minimum Gasteiger partial charge on any atom is -0.493 e. The monoisotopic (exact) mass is 351 g/mol. The topological polar surface area (TPSA) is 77.3 Å². The first kappa shape index (κ1) is 19.5. The Morgan fingerprint density at radius 3 is 2.56 bits per heavy atom. The van der Waals surface area contributed by atoms with Crippen LogP contribution in [0.4, 0.5) is 0 Å². The Kier molecular flexibility index (Phi) is 7.49. The van der Waals surface area contributed by atoms with Crippen LogP contribution in [0.5, 0.6) is 11.5 Å². The van der Waals surface area contributed by atoms with Crippen molar-refractivity contribution >= 4 is 5.97 Å². The molecule has 0 saturated carbocycles. The summed E-state index contributed by atoms with van der Waals surface area (Å²) in [6, 6.07) is 4.94. The molecule has 0 aromatic heterocycles. The average molecular weight is 351 g/mol. The molecule has 0 amide bonds. The van der Waals surface area contributed by atoms with E-state index in [4.69, 9.17) is 15.2 Å². The van der Waals surface area contributed by atoms with Crippen LogP contribution in [0.3, 0.4) is 0 Å². The first-order valence-electron chi connectivity index (χ1n) is 8.57. The van der Waals surface area contributed by atoms with E-state index in [0.29, 0.717) is 24.5 Å². The number of likely N-dealkylation sites (N-methyl/N-ethyl adjacent to an activating group) is 1. The Labute approximate surface area is 149 Å². The van der Waals surface area contributed by atoms with Crippen molar-refractivity contribution < 1.29 is 19.0 Å². The molecule has 0 bridgehead atoms. The Hall–Kier alpha value is -1.83. The third kappa shape index (κ3) is 5.88. The summed E-state index contributed by atoms with van der Waals surface area (Å²) in [5.41, 5.74) is 6.71. The molecule has 1 heterocycles. The summed E-state index contributed by atoms with van der Waals surface area (Å²) in [7, 11) is 5.08. The van der Waals surface area contributed by atoms with Crippen molar-refractivity contribution in [2.75, 3.05) is 60.6 Å².